The van der Waals surface area contributed by atoms with Crippen LogP contribution in [0.15, 0.2) is 52.9 Å². The minimum Gasteiger partial charge on any atom is -0.419 e. The average molecular weight is 438 g/mol. The number of halogens is 1. The summed E-state index contributed by atoms with van der Waals surface area (Å²) >= 11 is 5.94. The van der Waals surface area contributed by atoms with Crippen molar-refractivity contribution in [3.05, 3.63) is 70.6 Å². The zero-order chi connectivity index (χ0) is 22.0. The molecule has 6 heteroatoms. The minimum atomic E-state index is 0.131. The summed E-state index contributed by atoms with van der Waals surface area (Å²) in [5, 5.41) is 8.94. The van der Waals surface area contributed by atoms with Crippen LogP contribution in [0.5, 0.6) is 0 Å². The maximum atomic E-state index is 13.0. The van der Waals surface area contributed by atoms with Gasteiger partial charge in [0.1, 0.15) is 0 Å². The second-order valence-electron chi connectivity index (χ2n) is 9.21. The number of nitrogens with zero attached hydrogens (tertiary/aromatic N) is 3. The molecule has 2 aromatic carbocycles. The van der Waals surface area contributed by atoms with Crippen LogP contribution in [0, 0.1) is 0 Å². The van der Waals surface area contributed by atoms with Crippen LogP contribution in [-0.4, -0.2) is 27.0 Å². The van der Waals surface area contributed by atoms with Gasteiger partial charge in [-0.1, -0.05) is 56.6 Å². The van der Waals surface area contributed by atoms with Crippen molar-refractivity contribution in [2.45, 2.75) is 64.5 Å². The Bertz CT molecular complexity index is 1030. The molecule has 0 saturated heterocycles. The van der Waals surface area contributed by atoms with E-state index in [0.29, 0.717) is 29.8 Å². The summed E-state index contributed by atoms with van der Waals surface area (Å²) in [5.41, 5.74) is 3.42. The lowest BCUT2D eigenvalue weighted by molar-refractivity contribution is -0.132. The Kier molecular flexibility index (Phi) is 6.15. The largest absolute Gasteiger partial charge is 0.419 e. The summed E-state index contributed by atoms with van der Waals surface area (Å²) in [6.45, 7) is 6.96. The van der Waals surface area contributed by atoms with Crippen LogP contribution in [0.3, 0.4) is 0 Å². The molecule has 0 spiro atoms. The molecule has 1 heterocycles. The fraction of sp³-hybridized carbons (Fsp3) is 0.400. The predicted molar refractivity (Wildman–Crippen MR) is 122 cm³/mol. The van der Waals surface area contributed by atoms with Gasteiger partial charge in [0.2, 0.25) is 17.7 Å². The molecule has 0 atom stereocenters. The van der Waals surface area contributed by atoms with Crippen LogP contribution in [0.25, 0.3) is 11.5 Å². The van der Waals surface area contributed by atoms with E-state index in [4.69, 9.17) is 16.0 Å². The summed E-state index contributed by atoms with van der Waals surface area (Å²) in [7, 11) is 0. The number of carbonyl (C=O) groups excluding carboxylic acids is 1. The summed E-state index contributed by atoms with van der Waals surface area (Å²) in [6.07, 6.45) is 3.27. The van der Waals surface area contributed by atoms with Gasteiger partial charge < -0.3 is 9.32 Å². The van der Waals surface area contributed by atoms with E-state index in [2.05, 4.69) is 55.2 Å². The third-order valence-electron chi connectivity index (χ3n) is 5.62. The highest BCUT2D eigenvalue weighted by Crippen LogP contribution is 2.30. The van der Waals surface area contributed by atoms with Crippen LogP contribution >= 0.6 is 11.6 Å². The first kappa shape index (κ1) is 21.6. The number of amides is 1. The molecule has 1 saturated carbocycles. The molecule has 4 rings (SSSR count). The highest BCUT2D eigenvalue weighted by atomic mass is 35.5. The van der Waals surface area contributed by atoms with Gasteiger partial charge in [0, 0.05) is 23.0 Å². The normalized spacial score (nSPS) is 13.9. The number of hydrogen-bond donors (Lipinski definition) is 0. The Morgan fingerprint density at radius 1 is 1.06 bits per heavy atom. The fourth-order valence-electron chi connectivity index (χ4n) is 3.55. The van der Waals surface area contributed by atoms with Gasteiger partial charge in [0.15, 0.2) is 0 Å². The van der Waals surface area contributed by atoms with Crippen molar-refractivity contribution in [2.75, 3.05) is 0 Å². The molecule has 1 aromatic heterocycles. The Labute approximate surface area is 188 Å². The third-order valence-corrected chi connectivity index (χ3v) is 5.87. The summed E-state index contributed by atoms with van der Waals surface area (Å²) in [5.74, 6) is 1.03. The summed E-state index contributed by atoms with van der Waals surface area (Å²) in [4.78, 5) is 14.9. The van der Waals surface area contributed by atoms with Crippen molar-refractivity contribution in [3.8, 4) is 11.5 Å². The number of rotatable bonds is 7. The Balaban J connectivity index is 1.38. The highest BCUT2D eigenvalue weighted by Gasteiger charge is 2.33. The lowest BCUT2D eigenvalue weighted by Crippen LogP contribution is -2.32. The lowest BCUT2D eigenvalue weighted by atomic mass is 9.86. The third kappa shape index (κ3) is 5.53. The number of aryl methyl sites for hydroxylation is 1. The Morgan fingerprint density at radius 3 is 2.35 bits per heavy atom. The van der Waals surface area contributed by atoms with Crippen LogP contribution in [0.4, 0.5) is 0 Å². The predicted octanol–water partition coefficient (Wildman–Crippen LogP) is 5.81. The van der Waals surface area contributed by atoms with Crippen molar-refractivity contribution in [1.29, 1.82) is 0 Å². The molecule has 1 aliphatic carbocycles. The first-order valence-electron chi connectivity index (χ1n) is 10.8. The van der Waals surface area contributed by atoms with Crippen molar-refractivity contribution in [3.63, 3.8) is 0 Å². The molecule has 162 valence electrons. The summed E-state index contributed by atoms with van der Waals surface area (Å²) in [6, 6.07) is 16.1. The SMILES string of the molecule is CC(C)(C)c1ccc(CCC(=O)N(Cc2nnc(-c3ccc(Cl)cc3)o2)C2CC2)cc1. The van der Waals surface area contributed by atoms with Gasteiger partial charge in [-0.2, -0.15) is 0 Å². The Morgan fingerprint density at radius 2 is 1.74 bits per heavy atom. The number of hydrogen-bond acceptors (Lipinski definition) is 4. The standard InChI is InChI=1S/C25H28ClN3O2/c1-25(2,3)19-9-4-17(5-10-19)6-15-23(30)29(21-13-14-21)16-22-27-28-24(31-22)18-7-11-20(26)12-8-18/h4-5,7-12,21H,6,13-16H2,1-3H3. The van der Waals surface area contributed by atoms with Crippen LogP contribution < -0.4 is 0 Å². The number of carbonyl (C=O) groups is 1. The Hall–Kier alpha value is -2.66. The zero-order valence-electron chi connectivity index (χ0n) is 18.3. The minimum absolute atomic E-state index is 0.131. The summed E-state index contributed by atoms with van der Waals surface area (Å²) < 4.78 is 5.82. The molecule has 0 unspecified atom stereocenters. The topological polar surface area (TPSA) is 59.2 Å². The lowest BCUT2D eigenvalue weighted by Gasteiger charge is -2.21. The zero-order valence-corrected chi connectivity index (χ0v) is 19.0. The maximum absolute atomic E-state index is 13.0. The van der Waals surface area contributed by atoms with Crippen LogP contribution in [-0.2, 0) is 23.2 Å². The van der Waals surface area contributed by atoms with Gasteiger partial charge in [-0.25, -0.2) is 0 Å². The second kappa shape index (κ2) is 8.83. The highest BCUT2D eigenvalue weighted by molar-refractivity contribution is 6.30. The monoisotopic (exact) mass is 437 g/mol. The maximum Gasteiger partial charge on any atom is 0.247 e. The molecule has 1 aliphatic rings. The van der Waals surface area contributed by atoms with E-state index in [1.807, 2.05) is 17.0 Å². The van der Waals surface area contributed by atoms with E-state index in [9.17, 15) is 4.79 Å². The molecule has 1 amide bonds. The molecule has 0 N–H and O–H groups in total. The van der Waals surface area contributed by atoms with E-state index in [1.54, 1.807) is 12.1 Å². The molecular weight excluding hydrogens is 410 g/mol. The van der Waals surface area contributed by atoms with Gasteiger partial charge in [-0.05, 0) is 60.1 Å². The second-order valence-corrected chi connectivity index (χ2v) is 9.64. The van der Waals surface area contributed by atoms with Gasteiger partial charge in [-0.15, -0.1) is 10.2 Å². The van der Waals surface area contributed by atoms with Gasteiger partial charge in [0.25, 0.3) is 0 Å². The van der Waals surface area contributed by atoms with Gasteiger partial charge in [0.05, 0.1) is 6.54 Å². The molecule has 0 radical (unpaired) electrons. The van der Waals surface area contributed by atoms with E-state index in [-0.39, 0.29) is 17.4 Å². The van der Waals surface area contributed by atoms with E-state index in [0.717, 1.165) is 24.8 Å². The van der Waals surface area contributed by atoms with E-state index in [1.165, 1.54) is 11.1 Å². The molecule has 5 nitrogen and oxygen atoms in total. The smallest absolute Gasteiger partial charge is 0.247 e. The van der Waals surface area contributed by atoms with Crippen molar-refractivity contribution in [2.24, 2.45) is 0 Å². The van der Waals surface area contributed by atoms with Gasteiger partial charge >= 0.3 is 0 Å². The molecular formula is C25H28ClN3O2. The molecule has 0 aliphatic heterocycles. The average Bonchev–Trinajstić information content (AvgIpc) is 3.48. The number of benzene rings is 2. The van der Waals surface area contributed by atoms with Gasteiger partial charge in [-0.3, -0.25) is 4.79 Å². The molecule has 3 aromatic rings. The quantitative estimate of drug-likeness (QED) is 0.467. The number of aromatic nitrogens is 2. The first-order valence-corrected chi connectivity index (χ1v) is 11.1. The van der Waals surface area contributed by atoms with E-state index < -0.39 is 0 Å². The van der Waals surface area contributed by atoms with Crippen molar-refractivity contribution >= 4 is 17.5 Å². The van der Waals surface area contributed by atoms with E-state index >= 15 is 0 Å². The van der Waals surface area contributed by atoms with Crippen LogP contribution in [0.2, 0.25) is 5.02 Å². The first-order chi connectivity index (χ1) is 14.8. The van der Waals surface area contributed by atoms with Crippen molar-refractivity contribution in [1.82, 2.24) is 15.1 Å². The van der Waals surface area contributed by atoms with Crippen molar-refractivity contribution < 1.29 is 9.21 Å². The molecule has 0 bridgehead atoms. The van der Waals surface area contributed by atoms with Crippen LogP contribution in [0.1, 0.15) is 57.1 Å². The molecule has 31 heavy (non-hydrogen) atoms. The fourth-order valence-corrected chi connectivity index (χ4v) is 3.67. The molecule has 1 fully saturated rings.